The third-order valence-electron chi connectivity index (χ3n) is 3.85. The average molecular weight is 401 g/mol. The Balaban J connectivity index is 1.74. The number of hydrogen-bond acceptors (Lipinski definition) is 3. The van der Waals surface area contributed by atoms with Crippen molar-refractivity contribution in [1.82, 2.24) is 10.2 Å². The van der Waals surface area contributed by atoms with Crippen LogP contribution in [0.5, 0.6) is 0 Å². The van der Waals surface area contributed by atoms with Crippen molar-refractivity contribution in [2.45, 2.75) is 26.2 Å². The molecule has 0 amide bonds. The largest absolute Gasteiger partial charge is 0.421 e. The maximum Gasteiger partial charge on any atom is 0.240 e. The van der Waals surface area contributed by atoms with Gasteiger partial charge < -0.3 is 4.42 Å². The predicted molar refractivity (Wildman–Crippen MR) is 101 cm³/mol. The summed E-state index contributed by atoms with van der Waals surface area (Å²) in [6.07, 6.45) is 4.18. The van der Waals surface area contributed by atoms with Crippen LogP contribution in [-0.4, -0.2) is 10.2 Å². The lowest BCUT2D eigenvalue weighted by atomic mass is 9.97. The molecule has 0 aliphatic rings. The van der Waals surface area contributed by atoms with Gasteiger partial charge in [0.15, 0.2) is 0 Å². The molecular formula is C20H18BrFN2O. The third-order valence-corrected chi connectivity index (χ3v) is 4.49. The lowest BCUT2D eigenvalue weighted by Crippen LogP contribution is -1.90. The van der Waals surface area contributed by atoms with Crippen LogP contribution in [0.3, 0.4) is 0 Å². The Hall–Kier alpha value is -2.27. The second-order valence-corrected chi connectivity index (χ2v) is 6.93. The monoisotopic (exact) mass is 400 g/mol. The Kier molecular flexibility index (Phi) is 5.43. The van der Waals surface area contributed by atoms with Crippen LogP contribution in [-0.2, 0) is 6.42 Å². The van der Waals surface area contributed by atoms with Crippen molar-refractivity contribution < 1.29 is 8.81 Å². The lowest BCUT2D eigenvalue weighted by molar-refractivity contribution is 0.496. The molecule has 0 unspecified atom stereocenters. The number of nitrogens with zero attached hydrogens (tertiary/aromatic N) is 2. The molecule has 0 radical (unpaired) electrons. The molecule has 2 aromatic carbocycles. The molecule has 3 nitrogen and oxygen atoms in total. The van der Waals surface area contributed by atoms with Crippen LogP contribution < -0.4 is 0 Å². The molecular weight excluding hydrogens is 383 g/mol. The summed E-state index contributed by atoms with van der Waals surface area (Å²) < 4.78 is 19.6. The van der Waals surface area contributed by atoms with Crippen molar-refractivity contribution >= 4 is 28.1 Å². The second-order valence-electron chi connectivity index (χ2n) is 6.08. The van der Waals surface area contributed by atoms with E-state index in [1.807, 2.05) is 24.3 Å². The minimum Gasteiger partial charge on any atom is -0.421 e. The lowest BCUT2D eigenvalue weighted by Gasteiger charge is -2.08. The molecule has 0 spiro atoms. The Bertz CT molecular complexity index is 902. The van der Waals surface area contributed by atoms with Crippen molar-refractivity contribution in [3.05, 3.63) is 81.2 Å². The van der Waals surface area contributed by atoms with Crippen LogP contribution in [0.2, 0.25) is 0 Å². The van der Waals surface area contributed by atoms with Gasteiger partial charge in [0, 0.05) is 6.08 Å². The van der Waals surface area contributed by atoms with Crippen LogP contribution in [0.25, 0.3) is 12.2 Å². The first kappa shape index (κ1) is 17.5. The normalized spacial score (nSPS) is 11.6. The van der Waals surface area contributed by atoms with Crippen molar-refractivity contribution in [3.63, 3.8) is 0 Å². The van der Waals surface area contributed by atoms with Crippen LogP contribution in [0.1, 0.15) is 48.2 Å². The highest BCUT2D eigenvalue weighted by Gasteiger charge is 2.08. The van der Waals surface area contributed by atoms with Gasteiger partial charge in [0.2, 0.25) is 11.8 Å². The first-order valence-electron chi connectivity index (χ1n) is 8.06. The Morgan fingerprint density at radius 2 is 1.92 bits per heavy atom. The topological polar surface area (TPSA) is 38.9 Å². The fraction of sp³-hybridized carbons (Fsp3) is 0.200. The molecule has 0 fully saturated rings. The summed E-state index contributed by atoms with van der Waals surface area (Å²) in [6.45, 7) is 4.32. The number of benzene rings is 2. The van der Waals surface area contributed by atoms with Gasteiger partial charge in [0.05, 0.1) is 10.9 Å². The van der Waals surface area contributed by atoms with Crippen molar-refractivity contribution in [3.8, 4) is 0 Å². The molecule has 25 heavy (non-hydrogen) atoms. The smallest absolute Gasteiger partial charge is 0.240 e. The Morgan fingerprint density at radius 1 is 1.12 bits per heavy atom. The molecule has 5 heteroatoms. The molecule has 1 aromatic heterocycles. The molecule has 128 valence electrons. The molecule has 0 aliphatic heterocycles. The predicted octanol–water partition coefficient (Wildman–Crippen LogP) is 5.86. The second kappa shape index (κ2) is 7.74. The summed E-state index contributed by atoms with van der Waals surface area (Å²) in [5.41, 5.74) is 3.18. The van der Waals surface area contributed by atoms with E-state index < -0.39 is 0 Å². The zero-order valence-corrected chi connectivity index (χ0v) is 15.6. The zero-order chi connectivity index (χ0) is 17.8. The molecule has 0 aliphatic carbocycles. The van der Waals surface area contributed by atoms with Gasteiger partial charge in [0.25, 0.3) is 0 Å². The van der Waals surface area contributed by atoms with Gasteiger partial charge >= 0.3 is 0 Å². The van der Waals surface area contributed by atoms with E-state index in [1.165, 1.54) is 11.6 Å². The first-order chi connectivity index (χ1) is 12.0. The zero-order valence-electron chi connectivity index (χ0n) is 14.0. The molecule has 0 saturated heterocycles. The molecule has 0 bridgehead atoms. The van der Waals surface area contributed by atoms with E-state index >= 15 is 0 Å². The van der Waals surface area contributed by atoms with Gasteiger partial charge in [-0.2, -0.15) is 0 Å². The number of rotatable bonds is 5. The maximum atomic E-state index is 13.6. The molecule has 3 rings (SSSR count). The average Bonchev–Trinajstić information content (AvgIpc) is 3.04. The summed E-state index contributed by atoms with van der Waals surface area (Å²) in [4.78, 5) is 0. The summed E-state index contributed by atoms with van der Waals surface area (Å²) in [6, 6.07) is 13.2. The van der Waals surface area contributed by atoms with Crippen LogP contribution in [0, 0.1) is 5.82 Å². The maximum absolute atomic E-state index is 13.6. The Morgan fingerprint density at radius 3 is 2.68 bits per heavy atom. The highest BCUT2D eigenvalue weighted by molar-refractivity contribution is 9.10. The van der Waals surface area contributed by atoms with Crippen molar-refractivity contribution in [2.24, 2.45) is 0 Å². The molecule has 3 aromatic rings. The van der Waals surface area contributed by atoms with Gasteiger partial charge in [-0.3, -0.25) is 0 Å². The van der Waals surface area contributed by atoms with Crippen LogP contribution in [0.4, 0.5) is 4.39 Å². The standard InChI is InChI=1S/C20H18BrFN2O/c1-13(2)16-6-4-3-5-15(16)8-10-19-23-24-20(25-19)12-14-7-9-17(21)18(22)11-14/h3-11,13H,12H2,1-2H3/b10-8+. The summed E-state index contributed by atoms with van der Waals surface area (Å²) in [7, 11) is 0. The van der Waals surface area contributed by atoms with Crippen LogP contribution >= 0.6 is 15.9 Å². The van der Waals surface area contributed by atoms with Gasteiger partial charge in [-0.25, -0.2) is 4.39 Å². The SMILES string of the molecule is CC(C)c1ccccc1/C=C/c1nnc(Cc2ccc(Br)c(F)c2)o1. The third kappa shape index (κ3) is 4.42. The van der Waals surface area contributed by atoms with Crippen molar-refractivity contribution in [1.29, 1.82) is 0 Å². The number of hydrogen-bond donors (Lipinski definition) is 0. The molecule has 0 N–H and O–H groups in total. The quantitative estimate of drug-likeness (QED) is 0.538. The molecule has 1 heterocycles. The van der Waals surface area contributed by atoms with E-state index in [1.54, 1.807) is 12.1 Å². The van der Waals surface area contributed by atoms with E-state index in [2.05, 4.69) is 52.1 Å². The molecule has 0 atom stereocenters. The van der Waals surface area contributed by atoms with E-state index in [0.29, 0.717) is 28.6 Å². The van der Waals surface area contributed by atoms with E-state index in [-0.39, 0.29) is 5.82 Å². The minimum atomic E-state index is -0.303. The van der Waals surface area contributed by atoms with Crippen molar-refractivity contribution in [2.75, 3.05) is 0 Å². The van der Waals surface area contributed by atoms with E-state index in [4.69, 9.17) is 4.42 Å². The minimum absolute atomic E-state index is 0.303. The summed E-state index contributed by atoms with van der Waals surface area (Å²) >= 11 is 3.14. The van der Waals surface area contributed by atoms with E-state index in [0.717, 1.165) is 11.1 Å². The first-order valence-corrected chi connectivity index (χ1v) is 8.85. The summed E-state index contributed by atoms with van der Waals surface area (Å²) in [5.74, 6) is 1.03. The van der Waals surface area contributed by atoms with Gasteiger partial charge in [-0.1, -0.05) is 44.2 Å². The Labute approximate surface area is 154 Å². The fourth-order valence-electron chi connectivity index (χ4n) is 2.58. The highest BCUT2D eigenvalue weighted by atomic mass is 79.9. The van der Waals surface area contributed by atoms with Gasteiger partial charge in [0.1, 0.15) is 5.82 Å². The number of aromatic nitrogens is 2. The molecule has 0 saturated carbocycles. The van der Waals surface area contributed by atoms with E-state index in [9.17, 15) is 4.39 Å². The fourth-order valence-corrected chi connectivity index (χ4v) is 2.83. The summed E-state index contributed by atoms with van der Waals surface area (Å²) in [5, 5.41) is 8.07. The number of halogens is 2. The van der Waals surface area contributed by atoms with Gasteiger partial charge in [-0.15, -0.1) is 10.2 Å². The van der Waals surface area contributed by atoms with Gasteiger partial charge in [-0.05, 0) is 56.7 Å². The highest BCUT2D eigenvalue weighted by Crippen LogP contribution is 2.22. The van der Waals surface area contributed by atoms with Crippen LogP contribution in [0.15, 0.2) is 51.4 Å².